The van der Waals surface area contributed by atoms with Crippen molar-refractivity contribution in [1.29, 1.82) is 0 Å². The standard InChI is InChI=1S/C49H31N3/c1-2-11-35(12-3-1)49-51-46(31-47(52-49)37-14-10-13-36(29-37)32-25-27-50-28-26-32)34-23-21-33(22-24-34)44-30-45-40-17-5-4-15-38(40)39-16-6-8-19-42(39)48(45)43-20-9-7-18-41(43)44/h1-31H. The van der Waals surface area contributed by atoms with Crippen molar-refractivity contribution in [3.8, 4) is 56.2 Å². The van der Waals surface area contributed by atoms with Gasteiger partial charge in [0.15, 0.2) is 5.82 Å². The second-order valence-electron chi connectivity index (χ2n) is 13.2. The van der Waals surface area contributed by atoms with E-state index in [1.165, 1.54) is 54.2 Å². The topological polar surface area (TPSA) is 38.7 Å². The van der Waals surface area contributed by atoms with Crippen molar-refractivity contribution >= 4 is 43.1 Å². The van der Waals surface area contributed by atoms with Crippen LogP contribution in [0, 0.1) is 0 Å². The molecule has 0 aliphatic heterocycles. The molecule has 0 amide bonds. The Morgan fingerprint density at radius 2 is 0.808 bits per heavy atom. The maximum atomic E-state index is 5.12. The van der Waals surface area contributed by atoms with Crippen LogP contribution >= 0.6 is 0 Å². The van der Waals surface area contributed by atoms with Gasteiger partial charge in [-0.1, -0.05) is 146 Å². The summed E-state index contributed by atoms with van der Waals surface area (Å²) in [5.41, 5.74) is 9.44. The largest absolute Gasteiger partial charge is 0.265 e. The van der Waals surface area contributed by atoms with Crippen molar-refractivity contribution in [2.45, 2.75) is 0 Å². The molecule has 0 atom stereocenters. The van der Waals surface area contributed by atoms with E-state index in [4.69, 9.17) is 9.97 Å². The number of rotatable bonds is 5. The summed E-state index contributed by atoms with van der Waals surface area (Å²) in [5.74, 6) is 0.700. The molecule has 242 valence electrons. The fourth-order valence-corrected chi connectivity index (χ4v) is 7.69. The second kappa shape index (κ2) is 12.4. The van der Waals surface area contributed by atoms with Crippen molar-refractivity contribution in [1.82, 2.24) is 15.0 Å². The van der Waals surface area contributed by atoms with Crippen LogP contribution in [0.1, 0.15) is 0 Å². The molecular formula is C49H31N3. The number of benzene rings is 8. The summed E-state index contributed by atoms with van der Waals surface area (Å²) in [4.78, 5) is 14.4. The van der Waals surface area contributed by atoms with E-state index in [-0.39, 0.29) is 0 Å². The van der Waals surface area contributed by atoms with Gasteiger partial charge in [-0.3, -0.25) is 4.98 Å². The molecule has 0 saturated carbocycles. The summed E-state index contributed by atoms with van der Waals surface area (Å²) in [5, 5.41) is 10.2. The van der Waals surface area contributed by atoms with Crippen LogP contribution in [0.5, 0.6) is 0 Å². The third-order valence-corrected chi connectivity index (χ3v) is 10.2. The summed E-state index contributed by atoms with van der Waals surface area (Å²) in [6, 6.07) is 62.6. The van der Waals surface area contributed by atoms with Gasteiger partial charge >= 0.3 is 0 Å². The fraction of sp³-hybridized carbons (Fsp3) is 0. The molecule has 0 unspecified atom stereocenters. The first-order valence-corrected chi connectivity index (χ1v) is 17.6. The smallest absolute Gasteiger partial charge is 0.160 e. The normalized spacial score (nSPS) is 11.5. The average Bonchev–Trinajstić information content (AvgIpc) is 3.24. The molecule has 2 heterocycles. The SMILES string of the molecule is c1ccc(-c2nc(-c3ccc(-c4cc5c6ccccc6c6ccccc6c5c5ccccc45)cc3)cc(-c3cccc(-c4ccncc4)c3)n2)cc1. The Morgan fingerprint density at radius 1 is 0.288 bits per heavy atom. The molecule has 0 aliphatic rings. The van der Waals surface area contributed by atoms with Crippen LogP contribution < -0.4 is 0 Å². The summed E-state index contributed by atoms with van der Waals surface area (Å²) in [6.07, 6.45) is 3.65. The number of nitrogens with zero attached hydrogens (tertiary/aromatic N) is 3. The van der Waals surface area contributed by atoms with Gasteiger partial charge in [-0.25, -0.2) is 9.97 Å². The zero-order valence-corrected chi connectivity index (χ0v) is 28.2. The van der Waals surface area contributed by atoms with E-state index in [0.717, 1.165) is 39.2 Å². The Kier molecular flexibility index (Phi) is 7.14. The van der Waals surface area contributed by atoms with Gasteiger partial charge in [0.25, 0.3) is 0 Å². The number of hydrogen-bond acceptors (Lipinski definition) is 3. The van der Waals surface area contributed by atoms with Crippen molar-refractivity contribution in [3.05, 3.63) is 188 Å². The van der Waals surface area contributed by atoms with Crippen molar-refractivity contribution in [3.63, 3.8) is 0 Å². The zero-order valence-electron chi connectivity index (χ0n) is 28.2. The van der Waals surface area contributed by atoms with E-state index in [2.05, 4.69) is 151 Å². The third kappa shape index (κ3) is 5.10. The van der Waals surface area contributed by atoms with Gasteiger partial charge in [-0.2, -0.15) is 0 Å². The first-order chi connectivity index (χ1) is 25.8. The third-order valence-electron chi connectivity index (χ3n) is 10.2. The average molecular weight is 662 g/mol. The Hall–Kier alpha value is -6.97. The van der Waals surface area contributed by atoms with Crippen LogP contribution in [-0.4, -0.2) is 15.0 Å². The van der Waals surface area contributed by atoms with Gasteiger partial charge in [-0.05, 0) is 95.7 Å². The molecular weight excluding hydrogens is 631 g/mol. The Morgan fingerprint density at radius 3 is 1.52 bits per heavy atom. The van der Waals surface area contributed by atoms with E-state index < -0.39 is 0 Å². The molecule has 10 rings (SSSR count). The molecule has 10 aromatic rings. The molecule has 3 heteroatoms. The predicted octanol–water partition coefficient (Wildman–Crippen LogP) is 12.8. The lowest BCUT2D eigenvalue weighted by Crippen LogP contribution is -1.96. The summed E-state index contributed by atoms with van der Waals surface area (Å²) in [6.45, 7) is 0. The maximum absolute atomic E-state index is 5.12. The highest BCUT2D eigenvalue weighted by molar-refractivity contribution is 6.33. The first kappa shape index (κ1) is 29.9. The van der Waals surface area contributed by atoms with Gasteiger partial charge < -0.3 is 0 Å². The van der Waals surface area contributed by atoms with Gasteiger partial charge in [0.1, 0.15) is 0 Å². The van der Waals surface area contributed by atoms with Gasteiger partial charge in [-0.15, -0.1) is 0 Å². The second-order valence-corrected chi connectivity index (χ2v) is 13.2. The van der Waals surface area contributed by atoms with Crippen molar-refractivity contribution < 1.29 is 0 Å². The minimum atomic E-state index is 0.700. The predicted molar refractivity (Wildman–Crippen MR) is 217 cm³/mol. The summed E-state index contributed by atoms with van der Waals surface area (Å²) < 4.78 is 0. The van der Waals surface area contributed by atoms with E-state index in [9.17, 15) is 0 Å². The van der Waals surface area contributed by atoms with Crippen LogP contribution in [0.3, 0.4) is 0 Å². The molecule has 52 heavy (non-hydrogen) atoms. The lowest BCUT2D eigenvalue weighted by molar-refractivity contribution is 1.18. The highest BCUT2D eigenvalue weighted by atomic mass is 14.9. The van der Waals surface area contributed by atoms with Gasteiger partial charge in [0, 0.05) is 29.1 Å². The van der Waals surface area contributed by atoms with Crippen LogP contribution in [-0.2, 0) is 0 Å². The van der Waals surface area contributed by atoms with Crippen molar-refractivity contribution in [2.75, 3.05) is 0 Å². The Bertz CT molecular complexity index is 2930. The van der Waals surface area contributed by atoms with E-state index >= 15 is 0 Å². The fourth-order valence-electron chi connectivity index (χ4n) is 7.69. The minimum absolute atomic E-state index is 0.700. The van der Waals surface area contributed by atoms with Crippen LogP contribution in [0.4, 0.5) is 0 Å². The number of hydrogen-bond donors (Lipinski definition) is 0. The van der Waals surface area contributed by atoms with E-state index in [1.54, 1.807) is 0 Å². The highest BCUT2D eigenvalue weighted by Gasteiger charge is 2.16. The Labute approximate surface area is 301 Å². The molecule has 0 aliphatic carbocycles. The highest BCUT2D eigenvalue weighted by Crippen LogP contribution is 2.43. The van der Waals surface area contributed by atoms with E-state index in [1.807, 2.05) is 42.7 Å². The summed E-state index contributed by atoms with van der Waals surface area (Å²) >= 11 is 0. The van der Waals surface area contributed by atoms with Crippen LogP contribution in [0.25, 0.3) is 99.2 Å². The lowest BCUT2D eigenvalue weighted by atomic mass is 9.87. The molecule has 2 aromatic heterocycles. The van der Waals surface area contributed by atoms with Crippen LogP contribution in [0.15, 0.2) is 188 Å². The lowest BCUT2D eigenvalue weighted by Gasteiger charge is -2.16. The maximum Gasteiger partial charge on any atom is 0.160 e. The zero-order chi connectivity index (χ0) is 34.4. The molecule has 8 aromatic carbocycles. The first-order valence-electron chi connectivity index (χ1n) is 17.6. The monoisotopic (exact) mass is 661 g/mol. The molecule has 3 nitrogen and oxygen atoms in total. The number of aromatic nitrogens is 3. The van der Waals surface area contributed by atoms with Gasteiger partial charge in [0.2, 0.25) is 0 Å². The van der Waals surface area contributed by atoms with Crippen molar-refractivity contribution in [2.24, 2.45) is 0 Å². The number of pyridine rings is 1. The Balaban J connectivity index is 1.13. The van der Waals surface area contributed by atoms with E-state index in [0.29, 0.717) is 5.82 Å². The summed E-state index contributed by atoms with van der Waals surface area (Å²) in [7, 11) is 0. The molecule has 0 bridgehead atoms. The van der Waals surface area contributed by atoms with Crippen LogP contribution in [0.2, 0.25) is 0 Å². The molecule has 0 fully saturated rings. The quantitative estimate of drug-likeness (QED) is 0.172. The molecule has 0 saturated heterocycles. The number of fused-ring (bicyclic) bond motifs is 8. The molecule has 0 N–H and O–H groups in total. The van der Waals surface area contributed by atoms with Gasteiger partial charge in [0.05, 0.1) is 11.4 Å². The molecule has 0 radical (unpaired) electrons. The molecule has 0 spiro atoms. The minimum Gasteiger partial charge on any atom is -0.265 e.